The summed E-state index contributed by atoms with van der Waals surface area (Å²) < 4.78 is 13.7. The largest absolute Gasteiger partial charge is 0.391 e. The lowest BCUT2D eigenvalue weighted by molar-refractivity contribution is 0.0922. The van der Waals surface area contributed by atoms with Gasteiger partial charge in [0.15, 0.2) is 0 Å². The van der Waals surface area contributed by atoms with E-state index in [9.17, 15) is 9.50 Å². The lowest BCUT2D eigenvalue weighted by atomic mass is 9.87. The fourth-order valence-corrected chi connectivity index (χ4v) is 2.99. The Balaban J connectivity index is 1.66. The third kappa shape index (κ3) is 3.25. The quantitative estimate of drug-likeness (QED) is 0.945. The van der Waals surface area contributed by atoms with E-state index >= 15 is 0 Å². The highest BCUT2D eigenvalue weighted by atomic mass is 19.1. The monoisotopic (exact) mass is 301 g/mol. The molecule has 2 heterocycles. The van der Waals surface area contributed by atoms with Gasteiger partial charge in [-0.1, -0.05) is 18.2 Å². The molecule has 0 bridgehead atoms. The van der Waals surface area contributed by atoms with E-state index in [2.05, 4.69) is 14.9 Å². The molecule has 1 N–H and O–H groups in total. The molecule has 3 rings (SSSR count). The summed E-state index contributed by atoms with van der Waals surface area (Å²) in [5, 5.41) is 10.4. The first-order valence-corrected chi connectivity index (χ1v) is 7.59. The van der Waals surface area contributed by atoms with Crippen molar-refractivity contribution in [3.63, 3.8) is 0 Å². The molecule has 1 saturated heterocycles. The molecule has 0 amide bonds. The normalized spacial score (nSPS) is 21.9. The van der Waals surface area contributed by atoms with Crippen molar-refractivity contribution in [3.05, 3.63) is 53.7 Å². The standard InChI is InChI=1S/C17H20FN3O/c1-12-19-8-6-17(20-12)21-9-7-14(16(22)11-21)10-13-4-2-3-5-15(13)18/h2-6,8,14,16,22H,7,9-11H2,1H3/t14-,16+/m1/s1. The van der Waals surface area contributed by atoms with Gasteiger partial charge in [0.1, 0.15) is 17.5 Å². The molecular weight excluding hydrogens is 281 g/mol. The fourth-order valence-electron chi connectivity index (χ4n) is 2.99. The molecule has 0 unspecified atom stereocenters. The van der Waals surface area contributed by atoms with Gasteiger partial charge in [-0.15, -0.1) is 0 Å². The Bertz CT molecular complexity index is 649. The Morgan fingerprint density at radius 3 is 2.86 bits per heavy atom. The van der Waals surface area contributed by atoms with Crippen LogP contribution in [0.4, 0.5) is 10.2 Å². The van der Waals surface area contributed by atoms with Crippen molar-refractivity contribution in [3.8, 4) is 0 Å². The summed E-state index contributed by atoms with van der Waals surface area (Å²) in [5.74, 6) is 1.45. The van der Waals surface area contributed by atoms with Crippen molar-refractivity contribution in [1.82, 2.24) is 9.97 Å². The second kappa shape index (κ2) is 6.40. The zero-order chi connectivity index (χ0) is 15.5. The van der Waals surface area contributed by atoms with E-state index < -0.39 is 6.10 Å². The molecule has 1 aromatic heterocycles. The molecule has 0 radical (unpaired) electrons. The van der Waals surface area contributed by atoms with E-state index in [1.54, 1.807) is 18.3 Å². The number of hydrogen-bond donors (Lipinski definition) is 1. The molecule has 1 aliphatic heterocycles. The van der Waals surface area contributed by atoms with E-state index in [0.29, 0.717) is 18.5 Å². The van der Waals surface area contributed by atoms with Gasteiger partial charge in [-0.25, -0.2) is 14.4 Å². The lowest BCUT2D eigenvalue weighted by Crippen LogP contribution is -2.45. The number of aromatic nitrogens is 2. The average Bonchev–Trinajstić information content (AvgIpc) is 2.51. The zero-order valence-corrected chi connectivity index (χ0v) is 12.6. The number of nitrogens with zero attached hydrogens (tertiary/aromatic N) is 3. The number of rotatable bonds is 3. The molecular formula is C17H20FN3O. The third-order valence-electron chi connectivity index (χ3n) is 4.25. The molecule has 1 aromatic carbocycles. The molecule has 0 spiro atoms. The van der Waals surface area contributed by atoms with Crippen LogP contribution in [0.15, 0.2) is 36.5 Å². The van der Waals surface area contributed by atoms with Crippen molar-refractivity contribution >= 4 is 5.82 Å². The summed E-state index contributed by atoms with van der Waals surface area (Å²) in [6.45, 7) is 3.19. The van der Waals surface area contributed by atoms with Crippen molar-refractivity contribution in [2.45, 2.75) is 25.9 Å². The Labute approximate surface area is 129 Å². The maximum absolute atomic E-state index is 13.7. The summed E-state index contributed by atoms with van der Waals surface area (Å²) in [5.41, 5.74) is 0.679. The Kier molecular flexibility index (Phi) is 4.34. The topological polar surface area (TPSA) is 49.2 Å². The summed E-state index contributed by atoms with van der Waals surface area (Å²) in [6, 6.07) is 8.65. The molecule has 0 saturated carbocycles. The first-order chi connectivity index (χ1) is 10.6. The average molecular weight is 301 g/mol. The highest BCUT2D eigenvalue weighted by Gasteiger charge is 2.29. The summed E-state index contributed by atoms with van der Waals surface area (Å²) in [6.07, 6.45) is 2.64. The number of aryl methyl sites for hydroxylation is 1. The van der Waals surface area contributed by atoms with Crippen LogP contribution in [0.25, 0.3) is 0 Å². The molecule has 1 fully saturated rings. The van der Waals surface area contributed by atoms with Gasteiger partial charge >= 0.3 is 0 Å². The molecule has 2 atom stereocenters. The Hall–Kier alpha value is -2.01. The van der Waals surface area contributed by atoms with Gasteiger partial charge in [-0.2, -0.15) is 0 Å². The number of aliphatic hydroxyl groups is 1. The van der Waals surface area contributed by atoms with Crippen LogP contribution in [0, 0.1) is 18.7 Å². The van der Waals surface area contributed by atoms with Crippen LogP contribution in [-0.2, 0) is 6.42 Å². The number of piperidine rings is 1. The van der Waals surface area contributed by atoms with E-state index in [1.165, 1.54) is 6.07 Å². The van der Waals surface area contributed by atoms with Gasteiger partial charge in [0.05, 0.1) is 6.10 Å². The molecule has 1 aliphatic rings. The predicted molar refractivity (Wildman–Crippen MR) is 83.2 cm³/mol. The highest BCUT2D eigenvalue weighted by molar-refractivity contribution is 5.38. The number of halogens is 1. The molecule has 4 nitrogen and oxygen atoms in total. The maximum Gasteiger partial charge on any atom is 0.132 e. The predicted octanol–water partition coefficient (Wildman–Crippen LogP) is 2.35. The molecule has 0 aliphatic carbocycles. The van der Waals surface area contributed by atoms with Crippen LogP contribution >= 0.6 is 0 Å². The first kappa shape index (κ1) is 14.9. The lowest BCUT2D eigenvalue weighted by Gasteiger charge is -2.36. The fraction of sp³-hybridized carbons (Fsp3) is 0.412. The summed E-state index contributed by atoms with van der Waals surface area (Å²) in [4.78, 5) is 10.6. The minimum Gasteiger partial charge on any atom is -0.391 e. The highest BCUT2D eigenvalue weighted by Crippen LogP contribution is 2.25. The first-order valence-electron chi connectivity index (χ1n) is 7.59. The van der Waals surface area contributed by atoms with Crippen LogP contribution in [0.1, 0.15) is 17.8 Å². The van der Waals surface area contributed by atoms with E-state index in [-0.39, 0.29) is 11.7 Å². The van der Waals surface area contributed by atoms with E-state index in [1.807, 2.05) is 19.1 Å². The van der Waals surface area contributed by atoms with Crippen LogP contribution in [-0.4, -0.2) is 34.3 Å². The van der Waals surface area contributed by atoms with Gasteiger partial charge < -0.3 is 10.0 Å². The van der Waals surface area contributed by atoms with Gasteiger partial charge in [-0.05, 0) is 43.4 Å². The van der Waals surface area contributed by atoms with Crippen molar-refractivity contribution in [2.75, 3.05) is 18.0 Å². The Morgan fingerprint density at radius 2 is 2.14 bits per heavy atom. The van der Waals surface area contributed by atoms with Crippen LogP contribution < -0.4 is 4.90 Å². The minimum absolute atomic E-state index is 0.0797. The number of anilines is 1. The van der Waals surface area contributed by atoms with Crippen LogP contribution in [0.3, 0.4) is 0 Å². The molecule has 5 heteroatoms. The van der Waals surface area contributed by atoms with Crippen molar-refractivity contribution < 1.29 is 9.50 Å². The summed E-state index contributed by atoms with van der Waals surface area (Å²) >= 11 is 0. The Morgan fingerprint density at radius 1 is 1.32 bits per heavy atom. The molecule has 22 heavy (non-hydrogen) atoms. The van der Waals surface area contributed by atoms with Crippen molar-refractivity contribution in [2.24, 2.45) is 5.92 Å². The molecule has 116 valence electrons. The number of benzene rings is 1. The smallest absolute Gasteiger partial charge is 0.132 e. The SMILES string of the molecule is Cc1nccc(N2CC[C@H](Cc3ccccc3F)[C@@H](O)C2)n1. The van der Waals surface area contributed by atoms with Gasteiger partial charge in [-0.3, -0.25) is 0 Å². The third-order valence-corrected chi connectivity index (χ3v) is 4.25. The van der Waals surface area contributed by atoms with Crippen LogP contribution in [0.2, 0.25) is 0 Å². The summed E-state index contributed by atoms with van der Waals surface area (Å²) in [7, 11) is 0. The van der Waals surface area contributed by atoms with Crippen LogP contribution in [0.5, 0.6) is 0 Å². The minimum atomic E-state index is -0.483. The van der Waals surface area contributed by atoms with E-state index in [0.717, 1.165) is 24.6 Å². The second-order valence-corrected chi connectivity index (χ2v) is 5.82. The zero-order valence-electron chi connectivity index (χ0n) is 12.6. The van der Waals surface area contributed by atoms with E-state index in [4.69, 9.17) is 0 Å². The van der Waals surface area contributed by atoms with Gasteiger partial charge in [0.25, 0.3) is 0 Å². The number of β-amino-alcohol motifs (C(OH)–C–C–N with tert-alkyl or cyclic N) is 1. The second-order valence-electron chi connectivity index (χ2n) is 5.82. The van der Waals surface area contributed by atoms with Gasteiger partial charge in [0, 0.05) is 19.3 Å². The number of aliphatic hydroxyl groups excluding tert-OH is 1. The maximum atomic E-state index is 13.7. The van der Waals surface area contributed by atoms with Crippen molar-refractivity contribution in [1.29, 1.82) is 0 Å². The number of hydrogen-bond acceptors (Lipinski definition) is 4. The van der Waals surface area contributed by atoms with Gasteiger partial charge in [0.2, 0.25) is 0 Å². The molecule has 2 aromatic rings.